The monoisotopic (exact) mass is 516 g/mol. The number of nitrogens with two attached hydrogens (primary N) is 1. The van der Waals surface area contributed by atoms with Crippen molar-refractivity contribution in [3.05, 3.63) is 36.5 Å². The van der Waals surface area contributed by atoms with Crippen molar-refractivity contribution in [3.63, 3.8) is 0 Å². The minimum absolute atomic E-state index is 0.0163. The van der Waals surface area contributed by atoms with Gasteiger partial charge in [0.15, 0.2) is 0 Å². The normalized spacial score (nSPS) is 24.6. The molecule has 35 heavy (non-hydrogen) atoms. The molecule has 0 radical (unpaired) electrons. The smallest absolute Gasteiger partial charge is 0.399 e. The molecule has 194 valence electrons. The molecule has 1 saturated carbocycles. The lowest BCUT2D eigenvalue weighted by atomic mass is 9.78. The number of nitrogens with zero attached hydrogens (tertiary/aromatic N) is 2. The topological polar surface area (TPSA) is 106 Å². The molecule has 0 aromatic heterocycles. The third-order valence-electron chi connectivity index (χ3n) is 6.89. The highest BCUT2D eigenvalue weighted by atomic mass is 32.2. The predicted molar refractivity (Wildman–Crippen MR) is 128 cm³/mol. The van der Waals surface area contributed by atoms with E-state index in [-0.39, 0.29) is 11.5 Å². The van der Waals surface area contributed by atoms with Crippen molar-refractivity contribution in [2.75, 3.05) is 0 Å². The summed E-state index contributed by atoms with van der Waals surface area (Å²) in [7, 11) is -5.43. The molecule has 0 amide bonds. The van der Waals surface area contributed by atoms with Gasteiger partial charge >= 0.3 is 13.3 Å². The summed E-state index contributed by atoms with van der Waals surface area (Å²) in [5.74, 6) is 5.23. The van der Waals surface area contributed by atoms with E-state index < -0.39 is 51.0 Å². The summed E-state index contributed by atoms with van der Waals surface area (Å²) >= 11 is 0. The Morgan fingerprint density at radius 2 is 1.83 bits per heavy atom. The molecule has 3 N–H and O–H groups in total. The van der Waals surface area contributed by atoms with Gasteiger partial charge in [0.05, 0.1) is 21.7 Å². The molecule has 2 fully saturated rings. The van der Waals surface area contributed by atoms with Crippen LogP contribution in [0.15, 0.2) is 41.0 Å². The van der Waals surface area contributed by atoms with Crippen LogP contribution >= 0.6 is 0 Å². The minimum Gasteiger partial charge on any atom is -0.399 e. The molecule has 1 aromatic rings. The summed E-state index contributed by atoms with van der Waals surface area (Å²) in [6, 6.07) is 2.10. The van der Waals surface area contributed by atoms with E-state index in [0.717, 1.165) is 12.5 Å². The molecule has 3 rings (SSSR count). The maximum absolute atomic E-state index is 13.7. The first-order valence-electron chi connectivity index (χ1n) is 11.3. The molecule has 0 spiro atoms. The molecule has 1 aliphatic carbocycles. The van der Waals surface area contributed by atoms with Crippen LogP contribution in [0.2, 0.25) is 0 Å². The Morgan fingerprint density at radius 3 is 2.37 bits per heavy atom. The van der Waals surface area contributed by atoms with Crippen molar-refractivity contribution in [2.45, 2.75) is 87.7 Å². The third kappa shape index (κ3) is 6.01. The van der Waals surface area contributed by atoms with Crippen molar-refractivity contribution >= 4 is 28.9 Å². The van der Waals surface area contributed by atoms with E-state index in [9.17, 15) is 21.6 Å². The largest absolute Gasteiger partial charge is 0.494 e. The number of nitrogens with one attached hydrogen (secondary N) is 1. The van der Waals surface area contributed by atoms with Crippen LogP contribution in [0.25, 0.3) is 0 Å². The van der Waals surface area contributed by atoms with Crippen molar-refractivity contribution in [1.29, 1.82) is 0 Å². The first-order valence-corrected chi connectivity index (χ1v) is 12.8. The van der Waals surface area contributed by atoms with Crippen molar-refractivity contribution in [2.24, 2.45) is 10.9 Å². The molecule has 1 aliphatic heterocycles. The Kier molecular flexibility index (Phi) is 7.67. The van der Waals surface area contributed by atoms with Crippen LogP contribution < -0.4 is 16.0 Å². The Bertz CT molecular complexity index is 1060. The van der Waals surface area contributed by atoms with Gasteiger partial charge in [0.1, 0.15) is 6.34 Å². The third-order valence-corrected chi connectivity index (χ3v) is 8.39. The number of sulfonamides is 1. The van der Waals surface area contributed by atoms with Crippen LogP contribution in [0.4, 0.5) is 13.2 Å². The average molecular weight is 516 g/mol. The zero-order chi connectivity index (χ0) is 26.2. The van der Waals surface area contributed by atoms with E-state index in [1.807, 2.05) is 0 Å². The second-order valence-electron chi connectivity index (χ2n) is 9.91. The van der Waals surface area contributed by atoms with Gasteiger partial charge in [-0.1, -0.05) is 12.6 Å². The summed E-state index contributed by atoms with van der Waals surface area (Å²) in [5, 5.41) is 3.49. The number of hydrazone groups is 1. The van der Waals surface area contributed by atoms with Crippen LogP contribution in [0.1, 0.15) is 58.9 Å². The van der Waals surface area contributed by atoms with Gasteiger partial charge in [0, 0.05) is 12.1 Å². The lowest BCUT2D eigenvalue weighted by Crippen LogP contribution is -2.44. The first-order chi connectivity index (χ1) is 16.1. The van der Waals surface area contributed by atoms with Gasteiger partial charge in [-0.25, -0.2) is 13.1 Å². The van der Waals surface area contributed by atoms with Crippen LogP contribution in [-0.2, 0) is 25.5 Å². The van der Waals surface area contributed by atoms with Gasteiger partial charge in [0.25, 0.3) is 0 Å². The van der Waals surface area contributed by atoms with Crippen LogP contribution in [0, 0.1) is 0 Å². The maximum atomic E-state index is 13.7. The van der Waals surface area contributed by atoms with Gasteiger partial charge in [0.2, 0.25) is 10.0 Å². The SMILES string of the molecule is C=CN(/C=N\N)[C@@H]1CCC[C@H](NS(=O)(=O)c2cc(B3OC(C)(C)C(C)(C)O3)cc(C(F)(F)F)c2)C1. The van der Waals surface area contributed by atoms with Crippen molar-refractivity contribution in [1.82, 2.24) is 9.62 Å². The Hall–Kier alpha value is -2.09. The molecule has 1 saturated heterocycles. The zero-order valence-corrected chi connectivity index (χ0v) is 21.1. The van der Waals surface area contributed by atoms with Crippen LogP contribution in [-0.4, -0.2) is 50.1 Å². The zero-order valence-electron chi connectivity index (χ0n) is 20.3. The lowest BCUT2D eigenvalue weighted by Gasteiger charge is -2.34. The standard InChI is InChI=1S/C22H32BF3N4O4S/c1-6-30(14-28-27)18-9-7-8-17(13-18)29-35(31,32)19-11-15(22(24,25)26)10-16(12-19)23-33-20(2,3)21(4,5)34-23/h6,10-12,14,17-18,29H,1,7-9,13,27H2,2-5H3/b28-14-/t17-,18+/m0/s1. The summed E-state index contributed by atoms with van der Waals surface area (Å²) in [6.07, 6.45) is 0.629. The Morgan fingerprint density at radius 1 is 1.20 bits per heavy atom. The highest BCUT2D eigenvalue weighted by Gasteiger charge is 2.52. The Balaban J connectivity index is 1.91. The van der Waals surface area contributed by atoms with E-state index in [1.54, 1.807) is 38.8 Å². The summed E-state index contributed by atoms with van der Waals surface area (Å²) in [5.41, 5.74) is -2.71. The number of hydrogen-bond acceptors (Lipinski definition) is 6. The van der Waals surface area contributed by atoms with Gasteiger partial charge in [-0.15, -0.1) is 0 Å². The average Bonchev–Trinajstić information content (AvgIpc) is 2.98. The van der Waals surface area contributed by atoms with Crippen LogP contribution in [0.3, 0.4) is 0 Å². The molecule has 13 heteroatoms. The van der Waals surface area contributed by atoms with E-state index in [1.165, 1.54) is 12.4 Å². The summed E-state index contributed by atoms with van der Waals surface area (Å²) < 4.78 is 81.9. The highest BCUT2D eigenvalue weighted by Crippen LogP contribution is 2.37. The molecule has 0 bridgehead atoms. The van der Waals surface area contributed by atoms with Crippen molar-refractivity contribution < 1.29 is 30.9 Å². The van der Waals surface area contributed by atoms with Gasteiger partial charge in [-0.3, -0.25) is 0 Å². The molecule has 0 unspecified atom stereocenters. The second-order valence-corrected chi connectivity index (χ2v) is 11.6. The van der Waals surface area contributed by atoms with E-state index >= 15 is 0 Å². The van der Waals surface area contributed by atoms with Gasteiger partial charge < -0.3 is 20.1 Å². The molecular weight excluding hydrogens is 484 g/mol. The molecule has 1 heterocycles. The molecule has 2 aliphatic rings. The maximum Gasteiger partial charge on any atom is 0.494 e. The fraction of sp³-hybridized carbons (Fsp3) is 0.591. The number of benzene rings is 1. The lowest BCUT2D eigenvalue weighted by molar-refractivity contribution is -0.137. The van der Waals surface area contributed by atoms with E-state index in [4.69, 9.17) is 15.2 Å². The number of alkyl halides is 3. The predicted octanol–water partition coefficient (Wildman–Crippen LogP) is 2.94. The highest BCUT2D eigenvalue weighted by molar-refractivity contribution is 7.89. The molecular formula is C22H32BF3N4O4S. The molecule has 8 nitrogen and oxygen atoms in total. The Labute approximate surface area is 204 Å². The van der Waals surface area contributed by atoms with E-state index in [0.29, 0.717) is 25.3 Å². The number of rotatable bonds is 7. The fourth-order valence-electron chi connectivity index (χ4n) is 4.25. The van der Waals surface area contributed by atoms with Gasteiger partial charge in [-0.05, 0) is 77.2 Å². The minimum atomic E-state index is -4.76. The summed E-state index contributed by atoms with van der Waals surface area (Å²) in [4.78, 5) is 1.20. The number of halogens is 3. The van der Waals surface area contributed by atoms with Crippen LogP contribution in [0.5, 0.6) is 0 Å². The van der Waals surface area contributed by atoms with E-state index in [2.05, 4.69) is 16.4 Å². The second kappa shape index (κ2) is 9.76. The summed E-state index contributed by atoms with van der Waals surface area (Å²) in [6.45, 7) is 10.8. The molecule has 2 atom stereocenters. The first kappa shape index (κ1) is 27.5. The van der Waals surface area contributed by atoms with Crippen molar-refractivity contribution in [3.8, 4) is 0 Å². The van der Waals surface area contributed by atoms with Gasteiger partial charge in [-0.2, -0.15) is 18.3 Å². The quantitative estimate of drug-likeness (QED) is 0.190. The molecule has 1 aromatic carbocycles. The number of hydrogen-bond donors (Lipinski definition) is 2. The fourth-order valence-corrected chi connectivity index (χ4v) is 5.62.